The van der Waals surface area contributed by atoms with Crippen molar-refractivity contribution in [3.05, 3.63) is 126 Å². The summed E-state index contributed by atoms with van der Waals surface area (Å²) in [5.74, 6) is 2.70. The zero-order valence-corrected chi connectivity index (χ0v) is 25.9. The van der Waals surface area contributed by atoms with Crippen LogP contribution in [-0.2, 0) is 0 Å². The second kappa shape index (κ2) is 16.8. The van der Waals surface area contributed by atoms with Crippen LogP contribution in [0.3, 0.4) is 0 Å². The molecule has 0 radical (unpaired) electrons. The molecule has 0 bridgehead atoms. The Bertz CT molecular complexity index is 1730. The van der Waals surface area contributed by atoms with Crippen LogP contribution >= 0.6 is 0 Å². The van der Waals surface area contributed by atoms with Gasteiger partial charge in [0.2, 0.25) is 0 Å². The fraction of sp³-hybridized carbons (Fsp3) is 0.167. The van der Waals surface area contributed by atoms with Gasteiger partial charge in [-0.3, -0.25) is 20.8 Å². The molecule has 46 heavy (non-hydrogen) atoms. The Labute approximate surface area is 269 Å². The van der Waals surface area contributed by atoms with Gasteiger partial charge in [0, 0.05) is 12.7 Å². The molecule has 0 atom stereocenters. The van der Waals surface area contributed by atoms with Crippen LogP contribution in [0.25, 0.3) is 0 Å². The number of ether oxygens (including phenoxy) is 2. The van der Waals surface area contributed by atoms with E-state index in [2.05, 4.69) is 37.1 Å². The van der Waals surface area contributed by atoms with Crippen molar-refractivity contribution in [2.45, 2.75) is 20.3 Å². The van der Waals surface area contributed by atoms with Gasteiger partial charge >= 0.3 is 0 Å². The molecule has 1 aliphatic heterocycles. The first-order chi connectivity index (χ1) is 22.7. The van der Waals surface area contributed by atoms with Crippen LogP contribution < -0.4 is 20.3 Å². The SMILES string of the molecule is CCOc1ccc(N=C(NN=Cc2ccc(C=NNC(=Nc3ccc(OCC)cc3)c3ccccn3)cc2)C2=NCCC=C2)cc1. The lowest BCUT2D eigenvalue weighted by molar-refractivity contribution is 0.340. The van der Waals surface area contributed by atoms with Gasteiger partial charge in [0.1, 0.15) is 22.9 Å². The van der Waals surface area contributed by atoms with Crippen molar-refractivity contribution in [3.8, 4) is 11.5 Å². The van der Waals surface area contributed by atoms with Crippen molar-refractivity contribution < 1.29 is 9.47 Å². The lowest BCUT2D eigenvalue weighted by Crippen LogP contribution is -2.27. The highest BCUT2D eigenvalue weighted by Gasteiger charge is 2.09. The zero-order valence-electron chi connectivity index (χ0n) is 25.9. The smallest absolute Gasteiger partial charge is 0.172 e. The van der Waals surface area contributed by atoms with Crippen LogP contribution in [0.1, 0.15) is 37.1 Å². The molecule has 0 saturated heterocycles. The Balaban J connectivity index is 1.24. The van der Waals surface area contributed by atoms with E-state index in [1.807, 2.05) is 111 Å². The monoisotopic (exact) mass is 612 g/mol. The molecule has 5 rings (SSSR count). The summed E-state index contributed by atoms with van der Waals surface area (Å²) in [5.41, 5.74) is 10.9. The molecule has 2 N–H and O–H groups in total. The van der Waals surface area contributed by atoms with Crippen molar-refractivity contribution >= 4 is 41.2 Å². The van der Waals surface area contributed by atoms with Gasteiger partial charge in [-0.25, -0.2) is 9.98 Å². The summed E-state index contributed by atoms with van der Waals surface area (Å²) in [6, 6.07) is 28.7. The standard InChI is InChI=1S/C36H36N8O2/c1-3-45-31-19-15-29(16-20-31)41-35(33-9-5-7-23-37-33)43-39-25-27-11-13-28(14-12-27)26-40-44-36(34-10-6-8-24-38-34)42-30-17-21-32(22-18-30)46-4-2/h5-7,9-23,25-26H,3-4,8,24H2,1-2H3,(H,41,43)(H,42,44). The van der Waals surface area contributed by atoms with Gasteiger partial charge in [-0.1, -0.05) is 36.4 Å². The molecule has 4 aromatic rings. The Hall–Kier alpha value is -5.90. The minimum Gasteiger partial charge on any atom is -0.494 e. The third-order valence-corrected chi connectivity index (χ3v) is 6.49. The number of dihydropyridines is 1. The van der Waals surface area contributed by atoms with E-state index in [9.17, 15) is 0 Å². The number of pyridine rings is 1. The molecule has 1 aromatic heterocycles. The van der Waals surface area contributed by atoms with Crippen LogP contribution in [0.4, 0.5) is 11.4 Å². The van der Waals surface area contributed by atoms with Gasteiger partial charge in [0.05, 0.1) is 37.0 Å². The summed E-state index contributed by atoms with van der Waals surface area (Å²) in [6.45, 7) is 5.85. The molecular weight excluding hydrogens is 576 g/mol. The Morgan fingerprint density at radius 2 is 1.28 bits per heavy atom. The topological polar surface area (TPSA) is 117 Å². The van der Waals surface area contributed by atoms with E-state index < -0.39 is 0 Å². The van der Waals surface area contributed by atoms with E-state index in [4.69, 9.17) is 19.5 Å². The zero-order chi connectivity index (χ0) is 31.8. The molecule has 0 unspecified atom stereocenters. The summed E-state index contributed by atoms with van der Waals surface area (Å²) < 4.78 is 11.1. The normalized spacial score (nSPS) is 13.6. The molecule has 10 nitrogen and oxygen atoms in total. The number of aromatic nitrogens is 1. The maximum Gasteiger partial charge on any atom is 0.172 e. The van der Waals surface area contributed by atoms with Crippen molar-refractivity contribution in [1.82, 2.24) is 15.8 Å². The molecule has 0 spiro atoms. The lowest BCUT2D eigenvalue weighted by Gasteiger charge is -2.10. The molecular formula is C36H36N8O2. The minimum absolute atomic E-state index is 0.524. The molecule has 232 valence electrons. The Kier molecular flexibility index (Phi) is 11.5. The van der Waals surface area contributed by atoms with Crippen LogP contribution in [0.2, 0.25) is 0 Å². The molecule has 10 heteroatoms. The third-order valence-electron chi connectivity index (χ3n) is 6.49. The van der Waals surface area contributed by atoms with Gasteiger partial charge in [0.15, 0.2) is 11.7 Å². The summed E-state index contributed by atoms with van der Waals surface area (Å²) >= 11 is 0. The second-order valence-electron chi connectivity index (χ2n) is 9.85. The van der Waals surface area contributed by atoms with Crippen molar-refractivity contribution in [3.63, 3.8) is 0 Å². The first-order valence-electron chi connectivity index (χ1n) is 15.1. The van der Waals surface area contributed by atoms with E-state index in [1.165, 1.54) is 0 Å². The van der Waals surface area contributed by atoms with Gasteiger partial charge in [-0.15, -0.1) is 0 Å². The molecule has 0 saturated carbocycles. The van der Waals surface area contributed by atoms with Crippen molar-refractivity contribution in [1.29, 1.82) is 0 Å². The van der Waals surface area contributed by atoms with Crippen LogP contribution in [-0.4, -0.2) is 54.6 Å². The van der Waals surface area contributed by atoms with Gasteiger partial charge in [0.25, 0.3) is 0 Å². The number of aliphatic imine (C=N–C) groups is 3. The van der Waals surface area contributed by atoms with E-state index >= 15 is 0 Å². The highest BCUT2D eigenvalue weighted by atomic mass is 16.5. The van der Waals surface area contributed by atoms with Crippen LogP contribution in [0.15, 0.2) is 135 Å². The fourth-order valence-corrected chi connectivity index (χ4v) is 4.27. The van der Waals surface area contributed by atoms with E-state index in [0.717, 1.165) is 46.1 Å². The molecule has 2 heterocycles. The molecule has 0 fully saturated rings. The van der Waals surface area contributed by atoms with E-state index in [0.29, 0.717) is 37.1 Å². The fourth-order valence-electron chi connectivity index (χ4n) is 4.27. The highest BCUT2D eigenvalue weighted by molar-refractivity contribution is 6.46. The first-order valence-corrected chi connectivity index (χ1v) is 15.1. The number of amidine groups is 2. The van der Waals surface area contributed by atoms with Crippen LogP contribution in [0.5, 0.6) is 11.5 Å². The predicted octanol–water partition coefficient (Wildman–Crippen LogP) is 6.64. The Morgan fingerprint density at radius 1 is 0.717 bits per heavy atom. The number of nitrogens with zero attached hydrogens (tertiary/aromatic N) is 6. The summed E-state index contributed by atoms with van der Waals surface area (Å²) in [4.78, 5) is 18.5. The molecule has 3 aromatic carbocycles. The molecule has 0 amide bonds. The number of hydrogen-bond donors (Lipinski definition) is 2. The molecule has 0 aliphatic carbocycles. The van der Waals surface area contributed by atoms with Crippen LogP contribution in [0, 0.1) is 0 Å². The highest BCUT2D eigenvalue weighted by Crippen LogP contribution is 2.20. The number of rotatable bonds is 12. The van der Waals surface area contributed by atoms with E-state index in [-0.39, 0.29) is 0 Å². The number of hydrogen-bond acceptors (Lipinski definition) is 8. The first kappa shape index (κ1) is 31.5. The summed E-state index contributed by atoms with van der Waals surface area (Å²) in [6.07, 6.45) is 10.1. The second-order valence-corrected chi connectivity index (χ2v) is 9.85. The summed E-state index contributed by atoms with van der Waals surface area (Å²) in [5, 5.41) is 8.87. The van der Waals surface area contributed by atoms with Gasteiger partial charge < -0.3 is 9.47 Å². The average molecular weight is 613 g/mol. The van der Waals surface area contributed by atoms with E-state index in [1.54, 1.807) is 18.6 Å². The number of benzene rings is 3. The van der Waals surface area contributed by atoms with Gasteiger partial charge in [-0.05, 0) is 98.1 Å². The lowest BCUT2D eigenvalue weighted by atomic mass is 10.2. The average Bonchev–Trinajstić information content (AvgIpc) is 3.10. The van der Waals surface area contributed by atoms with Gasteiger partial charge in [-0.2, -0.15) is 10.2 Å². The molecule has 1 aliphatic rings. The number of hydrazone groups is 2. The third kappa shape index (κ3) is 9.55. The number of nitrogens with one attached hydrogen (secondary N) is 2. The minimum atomic E-state index is 0.524. The predicted molar refractivity (Wildman–Crippen MR) is 187 cm³/mol. The van der Waals surface area contributed by atoms with Crippen molar-refractivity contribution in [2.24, 2.45) is 25.2 Å². The quantitative estimate of drug-likeness (QED) is 0.106. The maximum absolute atomic E-state index is 5.54. The summed E-state index contributed by atoms with van der Waals surface area (Å²) in [7, 11) is 0. The van der Waals surface area contributed by atoms with Crippen molar-refractivity contribution in [2.75, 3.05) is 19.8 Å². The maximum atomic E-state index is 5.54. The Morgan fingerprint density at radius 3 is 1.78 bits per heavy atom. The largest absolute Gasteiger partial charge is 0.494 e.